The van der Waals surface area contributed by atoms with Gasteiger partial charge in [0.1, 0.15) is 0 Å². The van der Waals surface area contributed by atoms with Gasteiger partial charge in [-0.15, -0.1) is 0 Å². The van der Waals surface area contributed by atoms with E-state index >= 15 is 0 Å². The highest BCUT2D eigenvalue weighted by Crippen LogP contribution is 2.30. The first-order chi connectivity index (χ1) is 16.5. The lowest BCUT2D eigenvalue weighted by atomic mass is 10.1. The smallest absolute Gasteiger partial charge is 0.350 e. The Morgan fingerprint density at radius 2 is 1.38 bits per heavy atom. The summed E-state index contributed by atoms with van der Waals surface area (Å²) in [5.41, 5.74) is 0. The molecular weight excluding hydrogens is 467 g/mol. The number of rotatable bonds is 26. The standard InChI is InChI=1S/C27H53O5PS/c1-5-8-10-12-13-14-15-16-17-19-22-34-25(20-18-11-9-6-2)24(4)31-23-27(33-30,26(28)29)32-21-7-3/h24-25H,5-23H2,1-4H3,(H,28,29). The van der Waals surface area contributed by atoms with Crippen molar-refractivity contribution in [2.24, 2.45) is 0 Å². The van der Waals surface area contributed by atoms with Crippen molar-refractivity contribution < 1.29 is 23.9 Å². The molecule has 0 radical (unpaired) electrons. The highest BCUT2D eigenvalue weighted by Gasteiger charge is 2.42. The van der Waals surface area contributed by atoms with E-state index in [4.69, 9.17) is 9.47 Å². The number of carbonyl (C=O) groups is 1. The van der Waals surface area contributed by atoms with E-state index in [1.54, 1.807) is 0 Å². The molecule has 202 valence electrons. The van der Waals surface area contributed by atoms with E-state index in [2.05, 4.69) is 13.8 Å². The quantitative estimate of drug-likeness (QED) is 0.0907. The predicted octanol–water partition coefficient (Wildman–Crippen LogP) is 8.88. The molecule has 0 spiro atoms. The van der Waals surface area contributed by atoms with Crippen LogP contribution in [0.2, 0.25) is 0 Å². The van der Waals surface area contributed by atoms with E-state index in [-0.39, 0.29) is 19.3 Å². The van der Waals surface area contributed by atoms with Gasteiger partial charge in [-0.25, -0.2) is 4.79 Å². The van der Waals surface area contributed by atoms with Crippen LogP contribution in [0.15, 0.2) is 0 Å². The fraction of sp³-hybridized carbons (Fsp3) is 0.963. The predicted molar refractivity (Wildman–Crippen MR) is 146 cm³/mol. The Kier molecular flexibility index (Phi) is 23.1. The van der Waals surface area contributed by atoms with Crippen molar-refractivity contribution >= 4 is 26.2 Å². The molecule has 0 aliphatic heterocycles. The minimum absolute atomic E-state index is 0.111. The molecule has 7 heteroatoms. The van der Waals surface area contributed by atoms with Crippen molar-refractivity contribution in [1.82, 2.24) is 0 Å². The van der Waals surface area contributed by atoms with Crippen LogP contribution in [0, 0.1) is 0 Å². The second-order valence-electron chi connectivity index (χ2n) is 9.49. The van der Waals surface area contributed by atoms with E-state index in [0.717, 1.165) is 18.6 Å². The highest BCUT2D eigenvalue weighted by molar-refractivity contribution is 7.99. The maximum absolute atomic E-state index is 11.8. The van der Waals surface area contributed by atoms with Crippen LogP contribution >= 0.6 is 20.2 Å². The third-order valence-electron chi connectivity index (χ3n) is 6.26. The highest BCUT2D eigenvalue weighted by atomic mass is 32.2. The second-order valence-corrected chi connectivity index (χ2v) is 11.7. The fourth-order valence-corrected chi connectivity index (χ4v) is 5.64. The van der Waals surface area contributed by atoms with Crippen molar-refractivity contribution in [2.75, 3.05) is 19.0 Å². The van der Waals surface area contributed by atoms with Gasteiger partial charge in [0, 0.05) is 11.9 Å². The van der Waals surface area contributed by atoms with Gasteiger partial charge in [0.2, 0.25) is 8.46 Å². The molecule has 0 aromatic rings. The summed E-state index contributed by atoms with van der Waals surface area (Å²) in [5.74, 6) is -0.124. The summed E-state index contributed by atoms with van der Waals surface area (Å²) in [7, 11) is -0.562. The van der Waals surface area contributed by atoms with E-state index in [1.165, 1.54) is 83.5 Å². The van der Waals surface area contributed by atoms with Crippen LogP contribution < -0.4 is 0 Å². The number of hydrogen-bond acceptors (Lipinski definition) is 5. The molecule has 0 amide bonds. The fourth-order valence-electron chi connectivity index (χ4n) is 3.93. The minimum Gasteiger partial charge on any atom is -0.478 e. The van der Waals surface area contributed by atoms with Gasteiger partial charge >= 0.3 is 5.97 Å². The summed E-state index contributed by atoms with van der Waals surface area (Å²) < 4.78 is 23.1. The molecule has 3 atom stereocenters. The molecule has 0 aromatic heterocycles. The summed E-state index contributed by atoms with van der Waals surface area (Å²) in [6, 6.07) is 0. The zero-order chi connectivity index (χ0) is 25.5. The third-order valence-corrected chi connectivity index (χ3v) is 8.58. The Morgan fingerprint density at radius 1 is 0.853 bits per heavy atom. The maximum atomic E-state index is 11.8. The van der Waals surface area contributed by atoms with E-state index in [9.17, 15) is 14.5 Å². The zero-order valence-electron chi connectivity index (χ0n) is 22.5. The Hall–Kier alpha value is -0.160. The first-order valence-corrected chi connectivity index (χ1v) is 15.8. The molecule has 0 aromatic carbocycles. The molecule has 0 rings (SSSR count). The topological polar surface area (TPSA) is 72.8 Å². The van der Waals surface area contributed by atoms with Gasteiger partial charge in [0.05, 0.1) is 12.7 Å². The molecule has 0 fully saturated rings. The Morgan fingerprint density at radius 3 is 1.88 bits per heavy atom. The van der Waals surface area contributed by atoms with E-state index in [1.807, 2.05) is 25.6 Å². The van der Waals surface area contributed by atoms with Crippen LogP contribution in [-0.4, -0.2) is 46.7 Å². The van der Waals surface area contributed by atoms with Crippen LogP contribution in [0.5, 0.6) is 0 Å². The van der Waals surface area contributed by atoms with Crippen LogP contribution in [0.4, 0.5) is 0 Å². The van der Waals surface area contributed by atoms with E-state index in [0.29, 0.717) is 11.7 Å². The molecule has 1 N–H and O–H groups in total. The number of aliphatic carboxylic acids is 1. The summed E-state index contributed by atoms with van der Waals surface area (Å²) in [5, 5.41) is 8.11. The molecule has 0 aliphatic rings. The van der Waals surface area contributed by atoms with Gasteiger partial charge in [0.25, 0.3) is 5.34 Å². The molecule has 0 aliphatic carbocycles. The number of carboxylic acid groups (broad SMARTS) is 1. The third kappa shape index (κ3) is 16.5. The van der Waals surface area contributed by atoms with Crippen LogP contribution in [0.25, 0.3) is 0 Å². The average Bonchev–Trinajstić information content (AvgIpc) is 2.83. The summed E-state index contributed by atoms with van der Waals surface area (Å²) >= 11 is 1.96. The number of carboxylic acids is 1. The normalized spacial score (nSPS) is 15.3. The Bertz CT molecular complexity index is 494. The van der Waals surface area contributed by atoms with Crippen molar-refractivity contribution in [1.29, 1.82) is 0 Å². The summed E-state index contributed by atoms with van der Waals surface area (Å²) in [6.07, 6.45) is 19.8. The lowest BCUT2D eigenvalue weighted by Gasteiger charge is -2.28. The van der Waals surface area contributed by atoms with Gasteiger partial charge in [-0.3, -0.25) is 4.57 Å². The molecule has 0 heterocycles. The minimum atomic E-state index is -1.81. The SMILES string of the molecule is CCCCCCCCCCCCSC(CCCCCC)C(C)OCC(OCCC)(P=O)C(=O)O. The van der Waals surface area contributed by atoms with E-state index < -0.39 is 19.8 Å². The van der Waals surface area contributed by atoms with Gasteiger partial charge in [-0.2, -0.15) is 11.8 Å². The zero-order valence-corrected chi connectivity index (χ0v) is 24.2. The molecule has 34 heavy (non-hydrogen) atoms. The largest absolute Gasteiger partial charge is 0.478 e. The van der Waals surface area contributed by atoms with Crippen molar-refractivity contribution in [3.63, 3.8) is 0 Å². The van der Waals surface area contributed by atoms with Crippen LogP contribution in [0.3, 0.4) is 0 Å². The summed E-state index contributed by atoms with van der Waals surface area (Å²) in [6.45, 7) is 8.44. The monoisotopic (exact) mass is 520 g/mol. The Labute approximate surface area is 216 Å². The first kappa shape index (κ1) is 33.8. The van der Waals surface area contributed by atoms with Crippen LogP contribution in [0.1, 0.15) is 130 Å². The number of hydrogen-bond donors (Lipinski definition) is 1. The molecule has 0 bridgehead atoms. The van der Waals surface area contributed by atoms with Gasteiger partial charge in [-0.1, -0.05) is 104 Å². The maximum Gasteiger partial charge on any atom is 0.350 e. The van der Waals surface area contributed by atoms with Gasteiger partial charge in [0.15, 0.2) is 0 Å². The van der Waals surface area contributed by atoms with Crippen LogP contribution in [-0.2, 0) is 18.8 Å². The number of thioether (sulfide) groups is 1. The van der Waals surface area contributed by atoms with Crippen molar-refractivity contribution in [2.45, 2.75) is 147 Å². The number of ether oxygens (including phenoxy) is 2. The molecule has 0 saturated carbocycles. The van der Waals surface area contributed by atoms with Crippen molar-refractivity contribution in [3.05, 3.63) is 0 Å². The first-order valence-electron chi connectivity index (χ1n) is 13.9. The lowest BCUT2D eigenvalue weighted by molar-refractivity contribution is -0.162. The second kappa shape index (κ2) is 23.3. The molecule has 5 nitrogen and oxygen atoms in total. The number of unbranched alkanes of at least 4 members (excludes halogenated alkanes) is 12. The van der Waals surface area contributed by atoms with Gasteiger partial charge in [-0.05, 0) is 31.9 Å². The summed E-state index contributed by atoms with van der Waals surface area (Å²) in [4.78, 5) is 11.8. The van der Waals surface area contributed by atoms with Crippen molar-refractivity contribution in [3.8, 4) is 0 Å². The lowest BCUT2D eigenvalue weighted by Crippen LogP contribution is -2.43. The molecular formula is C27H53O5PS. The molecule has 0 saturated heterocycles. The van der Waals surface area contributed by atoms with Gasteiger partial charge < -0.3 is 14.6 Å². The Balaban J connectivity index is 4.47. The molecule has 3 unspecified atom stereocenters. The average molecular weight is 521 g/mol.